The molecule has 0 aromatic heterocycles. The zero-order chi connectivity index (χ0) is 20.7. The molecule has 1 aromatic rings. The monoisotopic (exact) mass is 464 g/mol. The molecule has 1 aromatic carbocycles. The third-order valence-corrected chi connectivity index (χ3v) is 3.52. The van der Waals surface area contributed by atoms with Gasteiger partial charge in [0, 0.05) is 21.7 Å². The zero-order valence-corrected chi connectivity index (χ0v) is 17.8. The Balaban J connectivity index is -0.000000151. The Morgan fingerprint density at radius 3 is 1.21 bits per heavy atom. The molecule has 11 nitrogen and oxygen atoms in total. The summed E-state index contributed by atoms with van der Waals surface area (Å²) in [6.45, 7) is 8.06. The van der Waals surface area contributed by atoms with Gasteiger partial charge in [-0.3, -0.25) is 4.21 Å². The van der Waals surface area contributed by atoms with E-state index in [2.05, 4.69) is 20.6 Å². The van der Waals surface area contributed by atoms with E-state index >= 15 is 0 Å². The van der Waals surface area contributed by atoms with Gasteiger partial charge in [0.15, 0.2) is 0 Å². The van der Waals surface area contributed by atoms with Crippen LogP contribution < -0.4 is 0 Å². The minimum Gasteiger partial charge on any atom is -0.768 e. The van der Waals surface area contributed by atoms with Crippen molar-refractivity contribution in [2.45, 2.75) is 39.5 Å². The Morgan fingerprint density at radius 2 is 1.04 bits per heavy atom. The van der Waals surface area contributed by atoms with Crippen LogP contribution in [0, 0.1) is 6.92 Å². The molecule has 0 bridgehead atoms. The van der Waals surface area contributed by atoms with Gasteiger partial charge in [0.1, 0.15) is 22.8 Å². The van der Waals surface area contributed by atoms with E-state index in [1.165, 1.54) is 27.7 Å². The molecule has 0 amide bonds. The maximum absolute atomic E-state index is 10.3. The molecule has 13 heteroatoms. The molecule has 1 radical (unpaired) electrons. The topological polar surface area (TPSA) is 202 Å². The van der Waals surface area contributed by atoms with Crippen LogP contribution in [0.25, 0.3) is 0 Å². The van der Waals surface area contributed by atoms with Crippen LogP contribution in [0.15, 0.2) is 49.8 Å². The van der Waals surface area contributed by atoms with Crippen molar-refractivity contribution < 1.29 is 51.8 Å². The van der Waals surface area contributed by atoms with Crippen molar-refractivity contribution in [2.24, 2.45) is 20.6 Å². The van der Waals surface area contributed by atoms with E-state index in [1.807, 2.05) is 6.92 Å². The van der Waals surface area contributed by atoms with Crippen LogP contribution in [0.1, 0.15) is 33.3 Å². The Hall–Kier alpha value is -2.32. The summed E-state index contributed by atoms with van der Waals surface area (Å²) in [7, 11) is 0. The van der Waals surface area contributed by atoms with Gasteiger partial charge in [0.25, 0.3) is 0 Å². The van der Waals surface area contributed by atoms with Gasteiger partial charge in [-0.05, 0) is 57.8 Å². The number of hydrogen-bond acceptors (Lipinski definition) is 10. The van der Waals surface area contributed by atoms with Gasteiger partial charge in [0.05, 0.1) is 0 Å². The number of nitrogens with zero attached hydrogens (tertiary/aromatic N) is 4. The standard InChI is InChI=1S/C7H8O2S.2C4H8N2O2.Co.H2O/c1-6-2-4-7(5-3-6)10(8)9;2*1-3(5-7)4(2)6-8;;/h2-5H,1H3,(H,8,9);2*7-8H,1-2H3;;1H2/p-1/b;2*5-3+,6-4+;;. The van der Waals surface area contributed by atoms with Gasteiger partial charge >= 0.3 is 0 Å². The Morgan fingerprint density at radius 1 is 0.786 bits per heavy atom. The third kappa shape index (κ3) is 15.9. The number of benzene rings is 1. The Bertz CT molecular complexity index is 628. The van der Waals surface area contributed by atoms with E-state index < -0.39 is 11.1 Å². The number of hydrogen-bond donors (Lipinski definition) is 4. The molecule has 1 atom stereocenters. The van der Waals surface area contributed by atoms with E-state index in [4.69, 9.17) is 20.8 Å². The summed E-state index contributed by atoms with van der Waals surface area (Å²) in [4.78, 5) is 0.339. The first-order chi connectivity index (χ1) is 12.1. The summed E-state index contributed by atoms with van der Waals surface area (Å²) >= 11 is -2.09. The third-order valence-electron chi connectivity index (χ3n) is 2.86. The maximum atomic E-state index is 10.3. The number of aryl methyl sites for hydroxylation is 1. The second-order valence-electron chi connectivity index (χ2n) is 4.79. The molecule has 1 unspecified atom stereocenters. The zero-order valence-electron chi connectivity index (χ0n) is 15.9. The van der Waals surface area contributed by atoms with Crippen LogP contribution in [0.3, 0.4) is 0 Å². The number of rotatable bonds is 3. The molecule has 0 aliphatic heterocycles. The van der Waals surface area contributed by atoms with Gasteiger partial charge in [-0.1, -0.05) is 38.3 Å². The van der Waals surface area contributed by atoms with Crippen molar-refractivity contribution in [2.75, 3.05) is 0 Å². The van der Waals surface area contributed by atoms with Crippen LogP contribution in [0.2, 0.25) is 0 Å². The summed E-state index contributed by atoms with van der Waals surface area (Å²) in [5.41, 5.74) is 2.31. The van der Waals surface area contributed by atoms with E-state index in [-0.39, 0.29) is 22.3 Å². The molecule has 163 valence electrons. The smallest absolute Gasteiger partial charge is 0.101 e. The fourth-order valence-electron chi connectivity index (χ4n) is 0.939. The van der Waals surface area contributed by atoms with Crippen LogP contribution in [-0.4, -0.2) is 57.9 Å². The van der Waals surface area contributed by atoms with Crippen molar-refractivity contribution in [3.05, 3.63) is 29.8 Å². The van der Waals surface area contributed by atoms with Gasteiger partial charge in [-0.25, -0.2) is 0 Å². The van der Waals surface area contributed by atoms with Crippen molar-refractivity contribution in [3.8, 4) is 0 Å². The van der Waals surface area contributed by atoms with Gasteiger partial charge < -0.3 is 30.9 Å². The summed E-state index contributed by atoms with van der Waals surface area (Å²) in [6, 6.07) is 6.70. The second kappa shape index (κ2) is 19.4. The first-order valence-electron chi connectivity index (χ1n) is 7.05. The molecule has 0 saturated heterocycles. The first kappa shape index (κ1) is 33.3. The van der Waals surface area contributed by atoms with Crippen molar-refractivity contribution >= 4 is 33.9 Å². The molecule has 6 N–H and O–H groups in total. The molecule has 0 aliphatic carbocycles. The molecule has 0 saturated carbocycles. The predicted octanol–water partition coefficient (Wildman–Crippen LogP) is 1.78. The van der Waals surface area contributed by atoms with Crippen LogP contribution in [-0.2, 0) is 27.9 Å². The van der Waals surface area contributed by atoms with Gasteiger partial charge in [-0.15, -0.1) is 0 Å². The normalized spacial score (nSPS) is 12.8. The summed E-state index contributed by atoms with van der Waals surface area (Å²) < 4.78 is 20.6. The minimum absolute atomic E-state index is 0. The molecule has 0 spiro atoms. The van der Waals surface area contributed by atoms with E-state index in [0.717, 1.165) is 5.56 Å². The van der Waals surface area contributed by atoms with Crippen LogP contribution in [0.5, 0.6) is 0 Å². The fraction of sp³-hybridized carbons (Fsp3) is 0.333. The summed E-state index contributed by atoms with van der Waals surface area (Å²) in [5.74, 6) is 0. The predicted molar refractivity (Wildman–Crippen MR) is 102 cm³/mol. The molecule has 28 heavy (non-hydrogen) atoms. The Kier molecular flexibility index (Phi) is 23.1. The Labute approximate surface area is 175 Å². The SMILES string of the molecule is CC(=N\O)/C(C)=N/O.CC(=N\O)/C(C)=N/O.Cc1ccc(S(=O)[O-])cc1.O.[Co]. The molecule has 0 aliphatic rings. The van der Waals surface area contributed by atoms with Crippen LogP contribution in [0.4, 0.5) is 0 Å². The maximum Gasteiger partial charge on any atom is 0.101 e. The first-order valence-corrected chi connectivity index (χ1v) is 8.13. The average molecular weight is 464 g/mol. The van der Waals surface area contributed by atoms with E-state index in [1.54, 1.807) is 24.3 Å². The fourth-order valence-corrected chi connectivity index (χ4v) is 1.30. The van der Waals surface area contributed by atoms with Crippen molar-refractivity contribution in [1.82, 2.24) is 0 Å². The molecular weight excluding hydrogens is 439 g/mol. The van der Waals surface area contributed by atoms with Crippen molar-refractivity contribution in [1.29, 1.82) is 0 Å². The quantitative estimate of drug-likeness (QED) is 0.227. The molecular formula is C15H25CoN4O7S-. The van der Waals surface area contributed by atoms with E-state index in [0.29, 0.717) is 27.7 Å². The van der Waals surface area contributed by atoms with E-state index in [9.17, 15) is 8.76 Å². The molecule has 0 fully saturated rings. The van der Waals surface area contributed by atoms with Crippen LogP contribution >= 0.6 is 0 Å². The van der Waals surface area contributed by atoms with Crippen molar-refractivity contribution in [3.63, 3.8) is 0 Å². The molecule has 1 rings (SSSR count). The largest absolute Gasteiger partial charge is 0.768 e. The van der Waals surface area contributed by atoms with Gasteiger partial charge in [0.2, 0.25) is 0 Å². The number of oxime groups is 4. The minimum atomic E-state index is -2.09. The average Bonchev–Trinajstić information content (AvgIpc) is 2.66. The van der Waals surface area contributed by atoms with Gasteiger partial charge in [-0.2, -0.15) is 0 Å². The summed E-state index contributed by atoms with van der Waals surface area (Å²) in [5, 5.41) is 43.3. The molecule has 0 heterocycles. The second-order valence-corrected chi connectivity index (χ2v) is 5.73. The summed E-state index contributed by atoms with van der Waals surface area (Å²) in [6.07, 6.45) is 0.